The monoisotopic (exact) mass is 333 g/mol. The van der Waals surface area contributed by atoms with Crippen molar-refractivity contribution >= 4 is 23.1 Å². The molecule has 0 atom stereocenters. The molecule has 0 radical (unpaired) electrons. The van der Waals surface area contributed by atoms with E-state index in [-0.39, 0.29) is 0 Å². The molecule has 22 heavy (non-hydrogen) atoms. The number of aromatic amines is 1. The zero-order valence-corrected chi connectivity index (χ0v) is 13.5. The SMILES string of the molecule is c1cc(-c2noc(CSc3n[nH]c(C4CCCC4)n3)n2)cs1. The summed E-state index contributed by atoms with van der Waals surface area (Å²) in [7, 11) is 0. The number of nitrogens with one attached hydrogen (secondary N) is 1. The fourth-order valence-corrected chi connectivity index (χ4v) is 3.93. The second-order valence-corrected chi connectivity index (χ2v) is 7.02. The van der Waals surface area contributed by atoms with Crippen molar-refractivity contribution in [1.29, 1.82) is 0 Å². The summed E-state index contributed by atoms with van der Waals surface area (Å²) >= 11 is 3.13. The second kappa shape index (κ2) is 6.21. The molecule has 0 spiro atoms. The third kappa shape index (κ3) is 2.93. The number of aromatic nitrogens is 5. The van der Waals surface area contributed by atoms with Crippen LogP contribution in [0.3, 0.4) is 0 Å². The van der Waals surface area contributed by atoms with E-state index < -0.39 is 0 Å². The molecular weight excluding hydrogens is 318 g/mol. The molecule has 0 amide bonds. The number of thiophene rings is 1. The number of hydrogen-bond donors (Lipinski definition) is 1. The highest BCUT2D eigenvalue weighted by atomic mass is 32.2. The lowest BCUT2D eigenvalue weighted by Gasteiger charge is -2.01. The van der Waals surface area contributed by atoms with Gasteiger partial charge in [-0.15, -0.1) is 5.10 Å². The zero-order valence-electron chi connectivity index (χ0n) is 11.9. The fourth-order valence-electron chi connectivity index (χ4n) is 2.65. The Hall–Kier alpha value is -1.67. The van der Waals surface area contributed by atoms with Crippen molar-refractivity contribution in [3.63, 3.8) is 0 Å². The molecule has 0 unspecified atom stereocenters. The van der Waals surface area contributed by atoms with Crippen LogP contribution in [0.4, 0.5) is 0 Å². The summed E-state index contributed by atoms with van der Waals surface area (Å²) in [5.41, 5.74) is 0.992. The molecule has 0 aromatic carbocycles. The molecule has 0 saturated heterocycles. The van der Waals surface area contributed by atoms with Gasteiger partial charge in [-0.1, -0.05) is 29.8 Å². The smallest absolute Gasteiger partial charge is 0.237 e. The highest BCUT2D eigenvalue weighted by Crippen LogP contribution is 2.32. The minimum absolute atomic E-state index is 0.551. The van der Waals surface area contributed by atoms with Crippen molar-refractivity contribution in [1.82, 2.24) is 25.3 Å². The van der Waals surface area contributed by atoms with E-state index in [1.807, 2.05) is 16.8 Å². The maximum Gasteiger partial charge on any atom is 0.237 e. The Kier molecular flexibility index (Phi) is 3.94. The van der Waals surface area contributed by atoms with Crippen LogP contribution in [0.15, 0.2) is 26.5 Å². The van der Waals surface area contributed by atoms with E-state index in [0.29, 0.717) is 23.4 Å². The molecule has 1 N–H and O–H groups in total. The van der Waals surface area contributed by atoms with Gasteiger partial charge >= 0.3 is 0 Å². The van der Waals surface area contributed by atoms with Gasteiger partial charge in [0.2, 0.25) is 16.9 Å². The van der Waals surface area contributed by atoms with Crippen molar-refractivity contribution in [3.05, 3.63) is 28.5 Å². The fraction of sp³-hybridized carbons (Fsp3) is 0.429. The van der Waals surface area contributed by atoms with Crippen LogP contribution in [-0.2, 0) is 5.75 Å². The van der Waals surface area contributed by atoms with Gasteiger partial charge in [0, 0.05) is 16.9 Å². The lowest BCUT2D eigenvalue weighted by atomic mass is 10.1. The van der Waals surface area contributed by atoms with Crippen LogP contribution in [0, 0.1) is 0 Å². The van der Waals surface area contributed by atoms with Gasteiger partial charge < -0.3 is 4.52 Å². The average Bonchev–Trinajstić information content (AvgIpc) is 3.33. The van der Waals surface area contributed by atoms with Crippen molar-refractivity contribution in [2.45, 2.75) is 42.5 Å². The summed E-state index contributed by atoms with van der Waals surface area (Å²) < 4.78 is 5.27. The molecule has 1 aliphatic rings. The first-order valence-corrected chi connectivity index (χ1v) is 9.21. The number of H-pyrrole nitrogens is 1. The molecule has 8 heteroatoms. The minimum Gasteiger partial charge on any atom is -0.338 e. The second-order valence-electron chi connectivity index (χ2n) is 5.30. The van der Waals surface area contributed by atoms with E-state index in [1.165, 1.54) is 37.4 Å². The van der Waals surface area contributed by atoms with Crippen LogP contribution in [-0.4, -0.2) is 25.3 Å². The van der Waals surface area contributed by atoms with E-state index in [0.717, 1.165) is 16.5 Å². The molecule has 3 heterocycles. The largest absolute Gasteiger partial charge is 0.338 e. The quantitative estimate of drug-likeness (QED) is 0.714. The molecule has 114 valence electrons. The molecule has 3 aromatic heterocycles. The zero-order chi connectivity index (χ0) is 14.8. The van der Waals surface area contributed by atoms with Gasteiger partial charge in [-0.25, -0.2) is 4.98 Å². The number of nitrogens with zero attached hydrogens (tertiary/aromatic N) is 4. The maximum atomic E-state index is 5.27. The molecule has 1 saturated carbocycles. The summed E-state index contributed by atoms with van der Waals surface area (Å²) in [4.78, 5) is 8.97. The van der Waals surface area contributed by atoms with Gasteiger partial charge in [-0.05, 0) is 24.3 Å². The van der Waals surface area contributed by atoms with Crippen molar-refractivity contribution in [2.24, 2.45) is 0 Å². The van der Waals surface area contributed by atoms with Crippen LogP contribution >= 0.6 is 23.1 Å². The minimum atomic E-state index is 0.551. The van der Waals surface area contributed by atoms with E-state index >= 15 is 0 Å². The van der Waals surface area contributed by atoms with Gasteiger partial charge in [0.1, 0.15) is 5.82 Å². The van der Waals surface area contributed by atoms with Gasteiger partial charge in [-0.3, -0.25) is 5.10 Å². The third-order valence-electron chi connectivity index (χ3n) is 3.80. The summed E-state index contributed by atoms with van der Waals surface area (Å²) in [6, 6.07) is 1.98. The number of thioether (sulfide) groups is 1. The summed E-state index contributed by atoms with van der Waals surface area (Å²) in [5, 5.41) is 16.1. The van der Waals surface area contributed by atoms with Gasteiger partial charge in [0.05, 0.1) is 5.75 Å². The molecule has 0 aliphatic heterocycles. The molecule has 1 fully saturated rings. The first-order chi connectivity index (χ1) is 10.9. The lowest BCUT2D eigenvalue weighted by Crippen LogP contribution is -1.94. The lowest BCUT2D eigenvalue weighted by molar-refractivity contribution is 0.391. The molecule has 4 rings (SSSR count). The molecule has 3 aromatic rings. The van der Waals surface area contributed by atoms with Crippen LogP contribution in [0.5, 0.6) is 0 Å². The van der Waals surface area contributed by atoms with Gasteiger partial charge in [-0.2, -0.15) is 16.3 Å². The molecular formula is C14H15N5OS2. The molecule has 1 aliphatic carbocycles. The first kappa shape index (κ1) is 14.0. The van der Waals surface area contributed by atoms with Crippen LogP contribution in [0.25, 0.3) is 11.4 Å². The van der Waals surface area contributed by atoms with E-state index in [2.05, 4.69) is 25.3 Å². The van der Waals surface area contributed by atoms with Crippen LogP contribution in [0.1, 0.15) is 43.3 Å². The maximum absolute atomic E-state index is 5.27. The molecule has 0 bridgehead atoms. The predicted octanol–water partition coefficient (Wildman–Crippen LogP) is 3.87. The van der Waals surface area contributed by atoms with E-state index in [9.17, 15) is 0 Å². The summed E-state index contributed by atoms with van der Waals surface area (Å²) in [6.07, 6.45) is 5.02. The van der Waals surface area contributed by atoms with Gasteiger partial charge in [0.15, 0.2) is 0 Å². The van der Waals surface area contributed by atoms with Gasteiger partial charge in [0.25, 0.3) is 0 Å². The van der Waals surface area contributed by atoms with Crippen molar-refractivity contribution < 1.29 is 4.52 Å². The van der Waals surface area contributed by atoms with E-state index in [4.69, 9.17) is 4.52 Å². The Morgan fingerprint density at radius 2 is 2.23 bits per heavy atom. The highest BCUT2D eigenvalue weighted by Gasteiger charge is 2.21. The van der Waals surface area contributed by atoms with E-state index in [1.54, 1.807) is 11.3 Å². The van der Waals surface area contributed by atoms with Crippen molar-refractivity contribution in [2.75, 3.05) is 0 Å². The average molecular weight is 333 g/mol. The normalized spacial score (nSPS) is 15.6. The Morgan fingerprint density at radius 3 is 3.05 bits per heavy atom. The Morgan fingerprint density at radius 1 is 1.32 bits per heavy atom. The predicted molar refractivity (Wildman–Crippen MR) is 84.8 cm³/mol. The number of hydrogen-bond acceptors (Lipinski definition) is 7. The first-order valence-electron chi connectivity index (χ1n) is 7.29. The Bertz CT molecular complexity index is 730. The topological polar surface area (TPSA) is 80.5 Å². The van der Waals surface area contributed by atoms with Crippen LogP contribution in [0.2, 0.25) is 0 Å². The Labute approximate surface area is 135 Å². The molecule has 6 nitrogen and oxygen atoms in total. The summed E-state index contributed by atoms with van der Waals surface area (Å²) in [5.74, 6) is 3.39. The Balaban J connectivity index is 1.38. The highest BCUT2D eigenvalue weighted by molar-refractivity contribution is 7.98. The van der Waals surface area contributed by atoms with Crippen LogP contribution < -0.4 is 0 Å². The van der Waals surface area contributed by atoms with Crippen molar-refractivity contribution in [3.8, 4) is 11.4 Å². The number of rotatable bonds is 5. The third-order valence-corrected chi connectivity index (χ3v) is 5.31. The standard InChI is InChI=1S/C14H15N5OS2/c1-2-4-9(3-1)12-16-14(18-17-12)22-8-11-15-13(19-20-11)10-5-6-21-7-10/h5-7,9H,1-4,8H2,(H,16,17,18). The summed E-state index contributed by atoms with van der Waals surface area (Å²) in [6.45, 7) is 0.